The van der Waals surface area contributed by atoms with E-state index in [-0.39, 0.29) is 0 Å². The molecule has 0 unspecified atom stereocenters. The maximum Gasteiger partial charge on any atom is 0.0916 e. The van der Waals surface area contributed by atoms with Crippen LogP contribution < -0.4 is 5.17 Å². The zero-order valence-electron chi connectivity index (χ0n) is 8.56. The Kier molecular flexibility index (Phi) is 3.25. The van der Waals surface area contributed by atoms with Gasteiger partial charge in [-0.25, -0.2) is 0 Å². The zero-order chi connectivity index (χ0) is 11.2. The maximum atomic E-state index is 9.55. The van der Waals surface area contributed by atoms with Gasteiger partial charge in [0.05, 0.1) is 11.4 Å². The number of rotatable bonds is 3. The molecule has 2 aromatic rings. The third-order valence-corrected chi connectivity index (χ3v) is 1.99. The second-order valence-electron chi connectivity index (χ2n) is 3.15. The van der Waals surface area contributed by atoms with Crippen LogP contribution in [-0.2, 0) is 0 Å². The largest absolute Gasteiger partial charge is 0.266 e. The highest BCUT2D eigenvalue weighted by atomic mass is 16.5. The molecule has 16 heavy (non-hydrogen) atoms. The minimum absolute atomic E-state index is 0.571. The molecular formula is C12H11N3O. The minimum Gasteiger partial charge on any atom is -0.266 e. The van der Waals surface area contributed by atoms with Crippen LogP contribution in [0.25, 0.3) is 0 Å². The van der Waals surface area contributed by atoms with Crippen LogP contribution in [-0.4, -0.2) is 5.21 Å². The first-order chi connectivity index (χ1) is 7.86. The van der Waals surface area contributed by atoms with E-state index in [4.69, 9.17) is 0 Å². The van der Waals surface area contributed by atoms with E-state index in [2.05, 4.69) is 10.3 Å². The Morgan fingerprint density at radius 1 is 0.812 bits per heavy atom. The van der Waals surface area contributed by atoms with E-state index in [0.717, 1.165) is 5.17 Å². The normalized spacial score (nSPS) is 10.6. The van der Waals surface area contributed by atoms with Gasteiger partial charge >= 0.3 is 0 Å². The second-order valence-corrected chi connectivity index (χ2v) is 3.15. The molecule has 80 valence electrons. The highest BCUT2D eigenvalue weighted by Gasteiger charge is 1.98. The SMILES string of the molecule is ON(N=Nc1ccccc1)c1ccccc1. The monoisotopic (exact) mass is 213 g/mol. The molecule has 0 saturated heterocycles. The number of hydrogen-bond acceptors (Lipinski definition) is 3. The molecule has 1 N–H and O–H groups in total. The Labute approximate surface area is 93.4 Å². The summed E-state index contributed by atoms with van der Waals surface area (Å²) in [7, 11) is 0. The van der Waals surface area contributed by atoms with Gasteiger partial charge in [0, 0.05) is 0 Å². The molecular weight excluding hydrogens is 202 g/mol. The van der Waals surface area contributed by atoms with Gasteiger partial charge in [-0.15, -0.1) is 10.3 Å². The molecule has 0 amide bonds. The third-order valence-electron chi connectivity index (χ3n) is 1.99. The zero-order valence-corrected chi connectivity index (χ0v) is 8.56. The Balaban J connectivity index is 2.08. The first kappa shape index (κ1) is 10.3. The summed E-state index contributed by atoms with van der Waals surface area (Å²) in [6.45, 7) is 0. The molecule has 0 spiro atoms. The molecule has 0 atom stereocenters. The van der Waals surface area contributed by atoms with Gasteiger partial charge in [0.1, 0.15) is 0 Å². The van der Waals surface area contributed by atoms with E-state index in [1.165, 1.54) is 0 Å². The first-order valence-corrected chi connectivity index (χ1v) is 4.87. The van der Waals surface area contributed by atoms with Crippen molar-refractivity contribution in [1.29, 1.82) is 0 Å². The summed E-state index contributed by atoms with van der Waals surface area (Å²) in [4.78, 5) is 0. The number of para-hydroxylation sites is 1. The molecule has 0 bridgehead atoms. The molecule has 0 radical (unpaired) electrons. The number of anilines is 1. The van der Waals surface area contributed by atoms with E-state index in [1.807, 2.05) is 48.5 Å². The van der Waals surface area contributed by atoms with Gasteiger partial charge in [-0.05, 0) is 29.5 Å². The van der Waals surface area contributed by atoms with Crippen molar-refractivity contribution < 1.29 is 5.21 Å². The van der Waals surface area contributed by atoms with Crippen molar-refractivity contribution >= 4 is 11.4 Å². The van der Waals surface area contributed by atoms with Gasteiger partial charge in [0.15, 0.2) is 0 Å². The predicted molar refractivity (Wildman–Crippen MR) is 61.7 cm³/mol. The highest BCUT2D eigenvalue weighted by Crippen LogP contribution is 2.14. The average molecular weight is 213 g/mol. The molecule has 4 heteroatoms. The van der Waals surface area contributed by atoms with Crippen LogP contribution in [0.2, 0.25) is 0 Å². The Hall–Kier alpha value is -2.20. The van der Waals surface area contributed by atoms with Crippen LogP contribution in [0.5, 0.6) is 0 Å². The molecule has 0 heterocycles. The summed E-state index contributed by atoms with van der Waals surface area (Å²) in [6, 6.07) is 18.2. The fourth-order valence-corrected chi connectivity index (χ4v) is 1.20. The van der Waals surface area contributed by atoms with Gasteiger partial charge in [0.2, 0.25) is 0 Å². The van der Waals surface area contributed by atoms with Crippen molar-refractivity contribution in [3.05, 3.63) is 60.7 Å². The number of benzene rings is 2. The summed E-state index contributed by atoms with van der Waals surface area (Å²) >= 11 is 0. The van der Waals surface area contributed by atoms with E-state index < -0.39 is 0 Å². The molecule has 0 aliphatic heterocycles. The molecule has 0 aromatic heterocycles. The van der Waals surface area contributed by atoms with Crippen molar-refractivity contribution in [2.75, 3.05) is 5.17 Å². The molecule has 2 rings (SSSR count). The maximum absolute atomic E-state index is 9.55. The van der Waals surface area contributed by atoms with Crippen molar-refractivity contribution in [2.45, 2.75) is 0 Å². The van der Waals surface area contributed by atoms with E-state index in [0.29, 0.717) is 11.4 Å². The van der Waals surface area contributed by atoms with Crippen molar-refractivity contribution in [3.63, 3.8) is 0 Å². The lowest BCUT2D eigenvalue weighted by Crippen LogP contribution is -2.07. The Bertz CT molecular complexity index is 456. The fourth-order valence-electron chi connectivity index (χ4n) is 1.20. The lowest BCUT2D eigenvalue weighted by Gasteiger charge is -2.07. The molecule has 0 aliphatic carbocycles. The van der Waals surface area contributed by atoms with Crippen LogP contribution in [0, 0.1) is 0 Å². The fraction of sp³-hybridized carbons (Fsp3) is 0. The van der Waals surface area contributed by atoms with E-state index >= 15 is 0 Å². The van der Waals surface area contributed by atoms with Gasteiger partial charge in [-0.3, -0.25) is 5.21 Å². The van der Waals surface area contributed by atoms with Gasteiger partial charge in [-0.1, -0.05) is 36.4 Å². The molecule has 0 fully saturated rings. The summed E-state index contributed by atoms with van der Waals surface area (Å²) in [5.74, 6) is 0. The number of nitrogens with zero attached hydrogens (tertiary/aromatic N) is 3. The molecule has 4 nitrogen and oxygen atoms in total. The summed E-state index contributed by atoms with van der Waals surface area (Å²) in [6.07, 6.45) is 0. The molecule has 2 aromatic carbocycles. The van der Waals surface area contributed by atoms with Crippen molar-refractivity contribution in [3.8, 4) is 0 Å². The van der Waals surface area contributed by atoms with Crippen molar-refractivity contribution in [2.24, 2.45) is 10.3 Å². The van der Waals surface area contributed by atoms with Crippen LogP contribution in [0.1, 0.15) is 0 Å². The second kappa shape index (κ2) is 5.04. The summed E-state index contributed by atoms with van der Waals surface area (Å²) < 4.78 is 0. The minimum atomic E-state index is 0.571. The van der Waals surface area contributed by atoms with Crippen LogP contribution in [0.4, 0.5) is 11.4 Å². The summed E-state index contributed by atoms with van der Waals surface area (Å²) in [5.41, 5.74) is 1.26. The van der Waals surface area contributed by atoms with E-state index in [1.54, 1.807) is 12.1 Å². The molecule has 0 saturated carbocycles. The summed E-state index contributed by atoms with van der Waals surface area (Å²) in [5, 5.41) is 17.9. The lowest BCUT2D eigenvalue weighted by atomic mass is 10.3. The third kappa shape index (κ3) is 2.65. The Morgan fingerprint density at radius 3 is 2.00 bits per heavy atom. The first-order valence-electron chi connectivity index (χ1n) is 4.87. The van der Waals surface area contributed by atoms with Crippen LogP contribution >= 0.6 is 0 Å². The highest BCUT2D eigenvalue weighted by molar-refractivity contribution is 5.42. The van der Waals surface area contributed by atoms with Gasteiger partial charge in [0.25, 0.3) is 0 Å². The quantitative estimate of drug-likeness (QED) is 0.625. The van der Waals surface area contributed by atoms with Crippen LogP contribution in [0.3, 0.4) is 0 Å². The van der Waals surface area contributed by atoms with E-state index in [9.17, 15) is 5.21 Å². The topological polar surface area (TPSA) is 48.2 Å². The van der Waals surface area contributed by atoms with Crippen molar-refractivity contribution in [1.82, 2.24) is 0 Å². The lowest BCUT2D eigenvalue weighted by molar-refractivity contribution is 0.252. The van der Waals surface area contributed by atoms with Gasteiger partial charge in [-0.2, -0.15) is 0 Å². The standard InChI is InChI=1S/C12H11N3O/c16-15(12-9-5-2-6-10-12)14-13-11-7-3-1-4-8-11/h1-10,16H. The Morgan fingerprint density at radius 2 is 1.38 bits per heavy atom. The van der Waals surface area contributed by atoms with Crippen LogP contribution in [0.15, 0.2) is 71.0 Å². The smallest absolute Gasteiger partial charge is 0.0916 e. The predicted octanol–water partition coefficient (Wildman–Crippen LogP) is 3.58. The molecule has 0 aliphatic rings. The number of hydrogen-bond donors (Lipinski definition) is 1. The van der Waals surface area contributed by atoms with Gasteiger partial charge < -0.3 is 0 Å². The average Bonchev–Trinajstić information content (AvgIpc) is 2.38.